The maximum absolute atomic E-state index is 13.3. The maximum atomic E-state index is 13.3. The Morgan fingerprint density at radius 3 is 2.27 bits per heavy atom. The Hall–Kier alpha value is -3.00. The molecule has 1 aliphatic rings. The standard InChI is InChI=1S/C22H24F2N2O4/c1-12-5-14(6-13(2)30-12)11-25-22(29)19-4-3-18(10-20(19)27)26-21(28)15-7-16(23)9-17(24)8-15/h3-4,7-10,12-14,27H,5-6,11H2,1-2H3,(H,25,29)(H,26,28)/t12-,13-/m0/s1. The van der Waals surface area contributed by atoms with Crippen LogP contribution in [0, 0.1) is 17.6 Å². The molecule has 1 saturated heterocycles. The van der Waals surface area contributed by atoms with Gasteiger partial charge < -0.3 is 20.5 Å². The molecule has 1 heterocycles. The normalized spacial score (nSPS) is 21.1. The van der Waals surface area contributed by atoms with Crippen molar-refractivity contribution in [3.8, 4) is 5.75 Å². The quantitative estimate of drug-likeness (QED) is 0.688. The van der Waals surface area contributed by atoms with Crippen LogP contribution in [0.15, 0.2) is 36.4 Å². The number of phenols is 1. The van der Waals surface area contributed by atoms with Crippen LogP contribution in [0.1, 0.15) is 47.4 Å². The number of hydrogen-bond acceptors (Lipinski definition) is 4. The van der Waals surface area contributed by atoms with Crippen molar-refractivity contribution in [3.05, 3.63) is 59.2 Å². The second-order valence-corrected chi connectivity index (χ2v) is 7.65. The molecule has 0 radical (unpaired) electrons. The predicted molar refractivity (Wildman–Crippen MR) is 107 cm³/mol. The van der Waals surface area contributed by atoms with Crippen molar-refractivity contribution in [2.75, 3.05) is 11.9 Å². The first-order chi connectivity index (χ1) is 14.2. The van der Waals surface area contributed by atoms with E-state index in [2.05, 4.69) is 10.6 Å². The lowest BCUT2D eigenvalue weighted by Crippen LogP contribution is -2.37. The molecule has 0 aliphatic carbocycles. The average Bonchev–Trinajstić information content (AvgIpc) is 2.64. The first-order valence-electron chi connectivity index (χ1n) is 9.75. The highest BCUT2D eigenvalue weighted by molar-refractivity contribution is 6.05. The Morgan fingerprint density at radius 2 is 1.67 bits per heavy atom. The van der Waals surface area contributed by atoms with Gasteiger partial charge in [-0.3, -0.25) is 9.59 Å². The maximum Gasteiger partial charge on any atom is 0.255 e. The smallest absolute Gasteiger partial charge is 0.255 e. The van der Waals surface area contributed by atoms with Gasteiger partial charge in [0.2, 0.25) is 0 Å². The monoisotopic (exact) mass is 418 g/mol. The molecule has 0 unspecified atom stereocenters. The molecule has 0 aromatic heterocycles. The van der Waals surface area contributed by atoms with Gasteiger partial charge >= 0.3 is 0 Å². The topological polar surface area (TPSA) is 87.7 Å². The zero-order valence-electron chi connectivity index (χ0n) is 16.7. The second kappa shape index (κ2) is 9.21. The summed E-state index contributed by atoms with van der Waals surface area (Å²) < 4.78 is 32.2. The van der Waals surface area contributed by atoms with E-state index in [1.165, 1.54) is 18.2 Å². The van der Waals surface area contributed by atoms with Crippen molar-refractivity contribution < 1.29 is 28.2 Å². The van der Waals surface area contributed by atoms with Gasteiger partial charge in [-0.15, -0.1) is 0 Å². The van der Waals surface area contributed by atoms with Crippen LogP contribution in [0.3, 0.4) is 0 Å². The van der Waals surface area contributed by atoms with Gasteiger partial charge in [0.1, 0.15) is 17.4 Å². The van der Waals surface area contributed by atoms with E-state index in [4.69, 9.17) is 4.74 Å². The Bertz CT molecular complexity index is 920. The van der Waals surface area contributed by atoms with Gasteiger partial charge in [-0.05, 0) is 56.9 Å². The van der Waals surface area contributed by atoms with Crippen molar-refractivity contribution in [3.63, 3.8) is 0 Å². The van der Waals surface area contributed by atoms with Crippen LogP contribution in [0.5, 0.6) is 5.75 Å². The molecule has 6 nitrogen and oxygen atoms in total. The minimum atomic E-state index is -0.872. The van der Waals surface area contributed by atoms with Crippen LogP contribution in [-0.4, -0.2) is 35.7 Å². The third kappa shape index (κ3) is 5.54. The van der Waals surface area contributed by atoms with Crippen molar-refractivity contribution in [2.45, 2.75) is 38.9 Å². The van der Waals surface area contributed by atoms with E-state index in [0.29, 0.717) is 18.5 Å². The molecule has 160 valence electrons. The van der Waals surface area contributed by atoms with Crippen molar-refractivity contribution in [1.82, 2.24) is 5.32 Å². The number of ether oxygens (including phenoxy) is 1. The van der Waals surface area contributed by atoms with E-state index in [1.807, 2.05) is 13.8 Å². The summed E-state index contributed by atoms with van der Waals surface area (Å²) in [6.45, 7) is 4.48. The lowest BCUT2D eigenvalue weighted by Gasteiger charge is -2.32. The summed E-state index contributed by atoms with van der Waals surface area (Å²) in [6, 6.07) is 6.48. The Kier molecular flexibility index (Phi) is 6.66. The number of amides is 2. The number of anilines is 1. The summed E-state index contributed by atoms with van der Waals surface area (Å²) in [5, 5.41) is 15.5. The number of halogens is 2. The molecule has 3 rings (SSSR count). The first kappa shape index (κ1) is 21.7. The van der Waals surface area contributed by atoms with Gasteiger partial charge in [0, 0.05) is 29.9 Å². The Morgan fingerprint density at radius 1 is 1.03 bits per heavy atom. The number of hydrogen-bond donors (Lipinski definition) is 3. The molecule has 3 N–H and O–H groups in total. The summed E-state index contributed by atoms with van der Waals surface area (Å²) in [7, 11) is 0. The number of phenolic OH excluding ortho intramolecular Hbond substituents is 1. The molecule has 2 atom stereocenters. The highest BCUT2D eigenvalue weighted by Crippen LogP contribution is 2.25. The minimum Gasteiger partial charge on any atom is -0.507 e. The molecular weight excluding hydrogens is 394 g/mol. The minimum absolute atomic E-state index is 0.0676. The molecule has 1 aliphatic heterocycles. The molecule has 0 bridgehead atoms. The molecular formula is C22H24F2N2O4. The van der Waals surface area contributed by atoms with Crippen molar-refractivity contribution in [2.24, 2.45) is 5.92 Å². The fourth-order valence-electron chi connectivity index (χ4n) is 3.73. The highest BCUT2D eigenvalue weighted by atomic mass is 19.1. The van der Waals surface area contributed by atoms with Gasteiger partial charge in [-0.25, -0.2) is 8.78 Å². The van der Waals surface area contributed by atoms with Gasteiger partial charge in [0.15, 0.2) is 0 Å². The van der Waals surface area contributed by atoms with Crippen LogP contribution < -0.4 is 10.6 Å². The molecule has 2 aromatic rings. The van der Waals surface area contributed by atoms with Crippen molar-refractivity contribution in [1.29, 1.82) is 0 Å². The van der Waals surface area contributed by atoms with E-state index >= 15 is 0 Å². The number of carbonyl (C=O) groups excluding carboxylic acids is 2. The summed E-state index contributed by atoms with van der Waals surface area (Å²) in [6.07, 6.45) is 1.97. The molecule has 8 heteroatoms. The van der Waals surface area contributed by atoms with Crippen LogP contribution >= 0.6 is 0 Å². The van der Waals surface area contributed by atoms with Crippen LogP contribution in [-0.2, 0) is 4.74 Å². The van der Waals surface area contributed by atoms with Gasteiger partial charge in [-0.2, -0.15) is 0 Å². The van der Waals surface area contributed by atoms with E-state index in [1.54, 1.807) is 0 Å². The third-order valence-electron chi connectivity index (χ3n) is 4.97. The number of carbonyl (C=O) groups is 2. The Labute approximate surface area is 173 Å². The van der Waals surface area contributed by atoms with E-state index in [-0.39, 0.29) is 34.8 Å². The van der Waals surface area contributed by atoms with Gasteiger partial charge in [-0.1, -0.05) is 0 Å². The largest absolute Gasteiger partial charge is 0.507 e. The Balaban J connectivity index is 1.61. The summed E-state index contributed by atoms with van der Waals surface area (Å²) in [5.74, 6) is -2.94. The molecule has 2 aromatic carbocycles. The first-order valence-corrected chi connectivity index (χ1v) is 9.75. The predicted octanol–water partition coefficient (Wildman–Crippen LogP) is 3.86. The third-order valence-corrected chi connectivity index (χ3v) is 4.97. The van der Waals surface area contributed by atoms with Crippen molar-refractivity contribution >= 4 is 17.5 Å². The van der Waals surface area contributed by atoms with Crippen LogP contribution in [0.25, 0.3) is 0 Å². The second-order valence-electron chi connectivity index (χ2n) is 7.65. The zero-order valence-corrected chi connectivity index (χ0v) is 16.7. The number of aromatic hydroxyl groups is 1. The van der Waals surface area contributed by atoms with E-state index < -0.39 is 23.4 Å². The summed E-state index contributed by atoms with van der Waals surface area (Å²) in [5.41, 5.74) is 0.0532. The summed E-state index contributed by atoms with van der Waals surface area (Å²) >= 11 is 0. The zero-order chi connectivity index (χ0) is 21.8. The fraction of sp³-hybridized carbons (Fsp3) is 0.364. The molecule has 0 saturated carbocycles. The molecule has 1 fully saturated rings. The fourth-order valence-corrected chi connectivity index (χ4v) is 3.73. The van der Waals surface area contributed by atoms with E-state index in [9.17, 15) is 23.5 Å². The number of nitrogens with one attached hydrogen (secondary N) is 2. The SMILES string of the molecule is C[C@H]1CC(CNC(=O)c2ccc(NC(=O)c3cc(F)cc(F)c3)cc2O)C[C@H](C)O1. The van der Waals surface area contributed by atoms with E-state index in [0.717, 1.165) is 25.0 Å². The van der Waals surface area contributed by atoms with Gasteiger partial charge in [0.25, 0.3) is 11.8 Å². The van der Waals surface area contributed by atoms with Crippen LogP contribution in [0.4, 0.5) is 14.5 Å². The average molecular weight is 418 g/mol. The lowest BCUT2D eigenvalue weighted by atomic mass is 9.92. The lowest BCUT2D eigenvalue weighted by molar-refractivity contribution is -0.0513. The highest BCUT2D eigenvalue weighted by Gasteiger charge is 2.25. The van der Waals surface area contributed by atoms with Crippen LogP contribution in [0.2, 0.25) is 0 Å². The molecule has 30 heavy (non-hydrogen) atoms. The number of benzene rings is 2. The molecule has 2 amide bonds. The summed E-state index contributed by atoms with van der Waals surface area (Å²) in [4.78, 5) is 24.6. The van der Waals surface area contributed by atoms with Gasteiger partial charge in [0.05, 0.1) is 17.8 Å². The number of rotatable bonds is 5. The molecule has 0 spiro atoms.